The number of hydrogen-bond acceptors (Lipinski definition) is 5. The topological polar surface area (TPSA) is 59.1 Å². The van der Waals surface area contributed by atoms with Gasteiger partial charge in [-0.1, -0.05) is 11.6 Å². The second-order valence-corrected chi connectivity index (χ2v) is 8.05. The van der Waals surface area contributed by atoms with Crippen molar-refractivity contribution in [1.29, 1.82) is 0 Å². The minimum atomic E-state index is -0.167. The Hall–Kier alpha value is -1.20. The van der Waals surface area contributed by atoms with E-state index in [0.717, 1.165) is 25.7 Å². The second-order valence-electron chi connectivity index (χ2n) is 8.05. The summed E-state index contributed by atoms with van der Waals surface area (Å²) in [6.45, 7) is 6.82. The second kappa shape index (κ2) is 6.60. The molecular formula is C19H29NO4. The van der Waals surface area contributed by atoms with Crippen LogP contribution >= 0.6 is 0 Å². The highest BCUT2D eigenvalue weighted by molar-refractivity contribution is 5.78. The van der Waals surface area contributed by atoms with E-state index >= 15 is 0 Å². The van der Waals surface area contributed by atoms with Gasteiger partial charge in [0.15, 0.2) is 0 Å². The summed E-state index contributed by atoms with van der Waals surface area (Å²) in [4.78, 5) is 25.8. The minimum Gasteiger partial charge on any atom is -0.459 e. The van der Waals surface area contributed by atoms with Crippen molar-refractivity contribution in [3.05, 3.63) is 11.6 Å². The van der Waals surface area contributed by atoms with Crippen molar-refractivity contribution in [2.24, 2.45) is 11.8 Å². The SMILES string of the molecule is CC(=O)CN(C)CC1C(=O)OC2C1CC/C(C)=C/CCC1(C)OC21. The Labute approximate surface area is 144 Å². The van der Waals surface area contributed by atoms with Gasteiger partial charge in [-0.25, -0.2) is 0 Å². The smallest absolute Gasteiger partial charge is 0.311 e. The molecule has 5 atom stereocenters. The number of likely N-dealkylation sites (N-methyl/N-ethyl adjacent to an activating group) is 1. The summed E-state index contributed by atoms with van der Waals surface area (Å²) in [7, 11) is 1.89. The van der Waals surface area contributed by atoms with Crippen LogP contribution in [-0.2, 0) is 19.1 Å². The van der Waals surface area contributed by atoms with Crippen molar-refractivity contribution < 1.29 is 19.1 Å². The van der Waals surface area contributed by atoms with Gasteiger partial charge >= 0.3 is 5.97 Å². The van der Waals surface area contributed by atoms with Crippen molar-refractivity contribution in [1.82, 2.24) is 4.90 Å². The number of rotatable bonds is 4. The molecule has 5 heteroatoms. The van der Waals surface area contributed by atoms with Crippen LogP contribution in [0.4, 0.5) is 0 Å². The van der Waals surface area contributed by atoms with Gasteiger partial charge in [0.2, 0.25) is 0 Å². The first-order chi connectivity index (χ1) is 11.3. The molecular weight excluding hydrogens is 306 g/mol. The average Bonchev–Trinajstić information content (AvgIpc) is 3.05. The molecule has 2 heterocycles. The molecule has 0 aromatic carbocycles. The molecule has 5 nitrogen and oxygen atoms in total. The Balaban J connectivity index is 1.77. The lowest BCUT2D eigenvalue weighted by molar-refractivity contribution is -0.145. The molecule has 2 saturated heterocycles. The molecule has 0 spiro atoms. The largest absolute Gasteiger partial charge is 0.459 e. The molecule has 3 rings (SSSR count). The summed E-state index contributed by atoms with van der Waals surface area (Å²) in [5.74, 6) is -0.0115. The molecule has 0 aromatic heterocycles. The van der Waals surface area contributed by atoms with Gasteiger partial charge in [0.1, 0.15) is 18.0 Å². The van der Waals surface area contributed by atoms with Gasteiger partial charge in [0.25, 0.3) is 0 Å². The fraction of sp³-hybridized carbons (Fsp3) is 0.789. The molecule has 5 unspecified atom stereocenters. The first kappa shape index (κ1) is 17.6. The molecule has 24 heavy (non-hydrogen) atoms. The number of ketones is 1. The molecule has 0 saturated carbocycles. The maximum atomic E-state index is 12.5. The van der Waals surface area contributed by atoms with Crippen LogP contribution in [0.1, 0.15) is 46.5 Å². The zero-order valence-corrected chi connectivity index (χ0v) is 15.2. The number of hydrogen-bond donors (Lipinski definition) is 0. The van der Waals surface area contributed by atoms with Crippen LogP contribution in [-0.4, -0.2) is 54.6 Å². The van der Waals surface area contributed by atoms with E-state index in [1.807, 2.05) is 11.9 Å². The van der Waals surface area contributed by atoms with Crippen LogP contribution in [0.2, 0.25) is 0 Å². The zero-order valence-electron chi connectivity index (χ0n) is 15.2. The lowest BCUT2D eigenvalue weighted by Gasteiger charge is -2.25. The molecule has 1 aliphatic carbocycles. The summed E-state index contributed by atoms with van der Waals surface area (Å²) in [6, 6.07) is 0. The van der Waals surface area contributed by atoms with Crippen molar-refractivity contribution in [3.63, 3.8) is 0 Å². The Morgan fingerprint density at radius 2 is 2.21 bits per heavy atom. The van der Waals surface area contributed by atoms with Gasteiger partial charge < -0.3 is 9.47 Å². The van der Waals surface area contributed by atoms with E-state index in [4.69, 9.17) is 9.47 Å². The molecule has 2 aliphatic heterocycles. The van der Waals surface area contributed by atoms with E-state index in [1.54, 1.807) is 6.92 Å². The van der Waals surface area contributed by atoms with Gasteiger partial charge in [0.05, 0.1) is 18.1 Å². The Morgan fingerprint density at radius 1 is 1.46 bits per heavy atom. The Bertz CT molecular complexity index is 558. The number of fused-ring (bicyclic) bond motifs is 3. The van der Waals surface area contributed by atoms with E-state index in [9.17, 15) is 9.59 Å². The van der Waals surface area contributed by atoms with E-state index in [1.165, 1.54) is 5.57 Å². The lowest BCUT2D eigenvalue weighted by atomic mass is 9.80. The number of esters is 1. The number of carbonyl (C=O) groups excluding carboxylic acids is 2. The van der Waals surface area contributed by atoms with Crippen molar-refractivity contribution in [2.45, 2.75) is 64.3 Å². The molecule has 2 fully saturated rings. The number of allylic oxidation sites excluding steroid dienone is 2. The highest BCUT2D eigenvalue weighted by Crippen LogP contribution is 2.50. The summed E-state index contributed by atoms with van der Waals surface area (Å²) in [5, 5.41) is 0. The predicted octanol–water partition coefficient (Wildman–Crippen LogP) is 2.34. The number of nitrogens with zero attached hydrogens (tertiary/aromatic N) is 1. The average molecular weight is 335 g/mol. The van der Waals surface area contributed by atoms with Crippen LogP contribution < -0.4 is 0 Å². The van der Waals surface area contributed by atoms with Gasteiger partial charge in [-0.3, -0.25) is 14.5 Å². The van der Waals surface area contributed by atoms with Crippen LogP contribution in [0.5, 0.6) is 0 Å². The van der Waals surface area contributed by atoms with E-state index in [-0.39, 0.29) is 41.4 Å². The fourth-order valence-corrected chi connectivity index (χ4v) is 4.33. The molecule has 0 amide bonds. The maximum absolute atomic E-state index is 12.5. The van der Waals surface area contributed by atoms with Crippen molar-refractivity contribution in [3.8, 4) is 0 Å². The zero-order chi connectivity index (χ0) is 17.5. The molecule has 0 N–H and O–H groups in total. The standard InChI is InChI=1S/C19H29NO4/c1-12-6-5-9-19(3)17(24-19)16-14(8-7-12)15(18(22)23-16)11-20(4)10-13(2)21/h6,14-17H,5,7-11H2,1-4H3/b12-6+. The first-order valence-electron chi connectivity index (χ1n) is 9.02. The fourth-order valence-electron chi connectivity index (χ4n) is 4.33. The van der Waals surface area contributed by atoms with Gasteiger partial charge in [-0.15, -0.1) is 0 Å². The predicted molar refractivity (Wildman–Crippen MR) is 90.5 cm³/mol. The van der Waals surface area contributed by atoms with Crippen molar-refractivity contribution >= 4 is 11.8 Å². The molecule has 0 aromatic rings. The maximum Gasteiger partial charge on any atom is 0.311 e. The van der Waals surface area contributed by atoms with Crippen LogP contribution in [0, 0.1) is 11.8 Å². The normalized spacial score (nSPS) is 41.0. The van der Waals surface area contributed by atoms with Crippen LogP contribution in [0.15, 0.2) is 11.6 Å². The Kier molecular flexibility index (Phi) is 4.85. The molecule has 134 valence electrons. The monoisotopic (exact) mass is 335 g/mol. The number of epoxide rings is 1. The number of Topliss-reactive ketones (excluding diaryl/α,β-unsaturated/α-hetero) is 1. The summed E-state index contributed by atoms with van der Waals surface area (Å²) in [5.41, 5.74) is 1.23. The first-order valence-corrected chi connectivity index (χ1v) is 9.02. The molecule has 3 aliphatic rings. The van der Waals surface area contributed by atoms with Gasteiger partial charge in [0, 0.05) is 12.5 Å². The molecule has 0 bridgehead atoms. The quantitative estimate of drug-likeness (QED) is 0.448. The highest BCUT2D eigenvalue weighted by atomic mass is 16.6. The summed E-state index contributed by atoms with van der Waals surface area (Å²) < 4.78 is 11.8. The van der Waals surface area contributed by atoms with E-state index < -0.39 is 0 Å². The third kappa shape index (κ3) is 3.57. The third-order valence-electron chi connectivity index (χ3n) is 5.74. The molecule has 0 radical (unpaired) electrons. The van der Waals surface area contributed by atoms with E-state index in [0.29, 0.717) is 13.1 Å². The summed E-state index contributed by atoms with van der Waals surface area (Å²) in [6.07, 6.45) is 6.13. The van der Waals surface area contributed by atoms with E-state index in [2.05, 4.69) is 19.9 Å². The van der Waals surface area contributed by atoms with Gasteiger partial charge in [-0.05, 0) is 53.5 Å². The highest BCUT2D eigenvalue weighted by Gasteiger charge is 2.62. The number of carbonyl (C=O) groups is 2. The minimum absolute atomic E-state index is 0.0290. The lowest BCUT2D eigenvalue weighted by Crippen LogP contribution is -2.36. The number of ether oxygens (including phenoxy) is 2. The van der Waals surface area contributed by atoms with Crippen LogP contribution in [0.25, 0.3) is 0 Å². The van der Waals surface area contributed by atoms with Crippen molar-refractivity contribution in [2.75, 3.05) is 20.1 Å². The third-order valence-corrected chi connectivity index (χ3v) is 5.74. The summed E-state index contributed by atoms with van der Waals surface area (Å²) >= 11 is 0. The Morgan fingerprint density at radius 3 is 2.92 bits per heavy atom. The van der Waals surface area contributed by atoms with Gasteiger partial charge in [-0.2, -0.15) is 0 Å². The van der Waals surface area contributed by atoms with Crippen LogP contribution in [0.3, 0.4) is 0 Å².